The molecule has 1 aromatic rings. The molecule has 0 aliphatic carbocycles. The smallest absolute Gasteiger partial charge is 0.0560 e. The topological polar surface area (TPSA) is 21.3 Å². The van der Waals surface area contributed by atoms with Crippen molar-refractivity contribution in [2.45, 2.75) is 25.3 Å². The number of ether oxygens (including phenoxy) is 1. The van der Waals surface area contributed by atoms with Crippen LogP contribution in [0.15, 0.2) is 29.2 Å². The second kappa shape index (κ2) is 8.62. The highest BCUT2D eigenvalue weighted by atomic mass is 32.2. The lowest BCUT2D eigenvalue weighted by molar-refractivity contribution is 0.164. The maximum atomic E-state index is 5.30. The van der Waals surface area contributed by atoms with Crippen LogP contribution in [0.5, 0.6) is 0 Å². The Hall–Kier alpha value is -0.510. The molecule has 0 radical (unpaired) electrons. The molecule has 1 N–H and O–H groups in total. The lowest BCUT2D eigenvalue weighted by Gasteiger charge is -2.04. The number of rotatable bonds is 8. The summed E-state index contributed by atoms with van der Waals surface area (Å²) in [5, 5.41) is 3.32. The Morgan fingerprint density at radius 1 is 1.19 bits per heavy atom. The van der Waals surface area contributed by atoms with E-state index in [1.807, 2.05) is 18.7 Å². The number of thioether (sulfide) groups is 1. The highest BCUT2D eigenvalue weighted by Crippen LogP contribution is 2.18. The molecule has 3 heteroatoms. The first kappa shape index (κ1) is 13.6. The third kappa shape index (κ3) is 5.54. The van der Waals surface area contributed by atoms with Crippen LogP contribution in [-0.4, -0.2) is 25.5 Å². The third-order valence-electron chi connectivity index (χ3n) is 2.20. The van der Waals surface area contributed by atoms with E-state index in [9.17, 15) is 0 Å². The minimum absolute atomic E-state index is 0.808. The van der Waals surface area contributed by atoms with Crippen LogP contribution in [0.1, 0.15) is 19.4 Å². The van der Waals surface area contributed by atoms with Crippen LogP contribution in [0.3, 0.4) is 0 Å². The number of nitrogens with one attached hydrogen (secondary N) is 1. The molecule has 0 aliphatic heterocycles. The van der Waals surface area contributed by atoms with Crippen LogP contribution in [0.25, 0.3) is 0 Å². The summed E-state index contributed by atoms with van der Waals surface area (Å²) < 4.78 is 5.30. The van der Waals surface area contributed by atoms with Gasteiger partial charge in [0.2, 0.25) is 0 Å². The molecule has 0 bridgehead atoms. The zero-order valence-electron chi connectivity index (χ0n) is 10.2. The molecular formula is C13H21NOS. The molecule has 2 nitrogen and oxygen atoms in total. The number of benzene rings is 1. The van der Waals surface area contributed by atoms with Gasteiger partial charge in [-0.3, -0.25) is 0 Å². The lowest BCUT2D eigenvalue weighted by Crippen LogP contribution is -2.11. The summed E-state index contributed by atoms with van der Waals surface area (Å²) in [6, 6.07) is 8.74. The molecule has 0 amide bonds. The van der Waals surface area contributed by atoms with Crippen molar-refractivity contribution in [3.05, 3.63) is 29.8 Å². The summed E-state index contributed by atoms with van der Waals surface area (Å²) in [5.41, 5.74) is 1.34. The molecule has 0 heterocycles. The predicted octanol–water partition coefficient (Wildman–Crippen LogP) is 2.92. The first-order valence-electron chi connectivity index (χ1n) is 5.87. The summed E-state index contributed by atoms with van der Waals surface area (Å²) in [6.45, 7) is 7.77. The SMILES string of the molecule is CCNCc1ccc(SCCOCC)cc1. The van der Waals surface area contributed by atoms with Crippen LogP contribution >= 0.6 is 11.8 Å². The molecular weight excluding hydrogens is 218 g/mol. The van der Waals surface area contributed by atoms with Crippen molar-refractivity contribution in [1.29, 1.82) is 0 Å². The van der Waals surface area contributed by atoms with Crippen molar-refractivity contribution in [2.75, 3.05) is 25.5 Å². The van der Waals surface area contributed by atoms with Gasteiger partial charge in [-0.05, 0) is 31.2 Å². The van der Waals surface area contributed by atoms with Crippen LogP contribution in [0, 0.1) is 0 Å². The van der Waals surface area contributed by atoms with Crippen LogP contribution < -0.4 is 5.32 Å². The minimum Gasteiger partial charge on any atom is -0.381 e. The van der Waals surface area contributed by atoms with Crippen LogP contribution in [-0.2, 0) is 11.3 Å². The fourth-order valence-corrected chi connectivity index (χ4v) is 2.10. The second-order valence-corrected chi connectivity index (χ2v) is 4.64. The molecule has 90 valence electrons. The minimum atomic E-state index is 0.808. The van der Waals surface area contributed by atoms with Crippen molar-refractivity contribution in [1.82, 2.24) is 5.32 Å². The van der Waals surface area contributed by atoms with Crippen molar-refractivity contribution >= 4 is 11.8 Å². The molecule has 1 rings (SSSR count). The summed E-state index contributed by atoms with van der Waals surface area (Å²) in [6.07, 6.45) is 0. The highest BCUT2D eigenvalue weighted by molar-refractivity contribution is 7.99. The van der Waals surface area contributed by atoms with E-state index < -0.39 is 0 Å². The van der Waals surface area contributed by atoms with Gasteiger partial charge in [-0.2, -0.15) is 0 Å². The summed E-state index contributed by atoms with van der Waals surface area (Å²) in [7, 11) is 0. The van der Waals surface area contributed by atoms with Gasteiger partial charge in [0.1, 0.15) is 0 Å². The first-order chi connectivity index (χ1) is 7.86. The third-order valence-corrected chi connectivity index (χ3v) is 3.18. The summed E-state index contributed by atoms with van der Waals surface area (Å²) >= 11 is 1.85. The van der Waals surface area contributed by atoms with Gasteiger partial charge in [0.25, 0.3) is 0 Å². The molecule has 0 saturated carbocycles. The van der Waals surface area contributed by atoms with Crippen molar-refractivity contribution in [2.24, 2.45) is 0 Å². The van der Waals surface area contributed by atoms with E-state index in [0.717, 1.165) is 32.1 Å². The average molecular weight is 239 g/mol. The van der Waals surface area contributed by atoms with Crippen LogP contribution in [0.4, 0.5) is 0 Å². The predicted molar refractivity (Wildman–Crippen MR) is 71.0 cm³/mol. The van der Waals surface area contributed by atoms with E-state index in [0.29, 0.717) is 0 Å². The molecule has 0 spiro atoms. The summed E-state index contributed by atoms with van der Waals surface area (Å²) in [5.74, 6) is 1.03. The number of hydrogen-bond donors (Lipinski definition) is 1. The van der Waals surface area contributed by atoms with Gasteiger partial charge in [0, 0.05) is 23.8 Å². The van der Waals surface area contributed by atoms with E-state index in [1.54, 1.807) is 0 Å². The van der Waals surface area contributed by atoms with Crippen LogP contribution in [0.2, 0.25) is 0 Å². The Balaban J connectivity index is 2.27. The van der Waals surface area contributed by atoms with Crippen molar-refractivity contribution in [3.63, 3.8) is 0 Å². The molecule has 0 saturated heterocycles. The Morgan fingerprint density at radius 2 is 1.94 bits per heavy atom. The fraction of sp³-hybridized carbons (Fsp3) is 0.538. The van der Waals surface area contributed by atoms with Gasteiger partial charge in [-0.25, -0.2) is 0 Å². The first-order valence-corrected chi connectivity index (χ1v) is 6.85. The van der Waals surface area contributed by atoms with Gasteiger partial charge in [-0.1, -0.05) is 19.1 Å². The fourth-order valence-electron chi connectivity index (χ4n) is 1.34. The van der Waals surface area contributed by atoms with Gasteiger partial charge in [0.15, 0.2) is 0 Å². The van der Waals surface area contributed by atoms with Gasteiger partial charge < -0.3 is 10.1 Å². The van der Waals surface area contributed by atoms with Crippen molar-refractivity contribution < 1.29 is 4.74 Å². The van der Waals surface area contributed by atoms with Crippen molar-refractivity contribution in [3.8, 4) is 0 Å². The Bertz CT molecular complexity index is 274. The Kier molecular flexibility index (Phi) is 7.30. The number of hydrogen-bond acceptors (Lipinski definition) is 3. The van der Waals surface area contributed by atoms with E-state index in [4.69, 9.17) is 4.74 Å². The van der Waals surface area contributed by atoms with E-state index >= 15 is 0 Å². The maximum Gasteiger partial charge on any atom is 0.0560 e. The molecule has 0 unspecified atom stereocenters. The zero-order chi connectivity index (χ0) is 11.6. The lowest BCUT2D eigenvalue weighted by atomic mass is 10.2. The van der Waals surface area contributed by atoms with E-state index in [2.05, 4.69) is 36.5 Å². The Labute approximate surface area is 103 Å². The monoisotopic (exact) mass is 239 g/mol. The molecule has 1 aromatic carbocycles. The molecule has 0 aliphatic rings. The Morgan fingerprint density at radius 3 is 2.56 bits per heavy atom. The van der Waals surface area contributed by atoms with E-state index in [-0.39, 0.29) is 0 Å². The largest absolute Gasteiger partial charge is 0.381 e. The zero-order valence-corrected chi connectivity index (χ0v) is 11.0. The quantitative estimate of drug-likeness (QED) is 0.557. The van der Waals surface area contributed by atoms with Gasteiger partial charge in [0.05, 0.1) is 6.61 Å². The molecule has 16 heavy (non-hydrogen) atoms. The average Bonchev–Trinajstić information content (AvgIpc) is 2.33. The molecule has 0 atom stereocenters. The molecule has 0 aromatic heterocycles. The molecule has 0 fully saturated rings. The van der Waals surface area contributed by atoms with Gasteiger partial charge in [-0.15, -0.1) is 11.8 Å². The highest BCUT2D eigenvalue weighted by Gasteiger charge is 1.95. The normalized spacial score (nSPS) is 10.6. The van der Waals surface area contributed by atoms with Gasteiger partial charge >= 0.3 is 0 Å². The summed E-state index contributed by atoms with van der Waals surface area (Å²) in [4.78, 5) is 1.32. The standard InChI is InChI=1S/C13H21NOS/c1-3-14-11-12-5-7-13(8-6-12)16-10-9-15-4-2/h5-8,14H,3-4,9-11H2,1-2H3. The maximum absolute atomic E-state index is 5.30. The second-order valence-electron chi connectivity index (χ2n) is 3.47. The van der Waals surface area contributed by atoms with E-state index in [1.165, 1.54) is 10.5 Å².